The lowest BCUT2D eigenvalue weighted by Crippen LogP contribution is -2.17. The SMILES string of the molecule is FC(F)(F)c1ccccc1CNCc1cncnc1. The summed E-state index contributed by atoms with van der Waals surface area (Å²) in [5, 5.41) is 2.95. The van der Waals surface area contributed by atoms with Crippen LogP contribution >= 0.6 is 0 Å². The largest absolute Gasteiger partial charge is 0.416 e. The minimum Gasteiger partial charge on any atom is -0.308 e. The molecule has 0 saturated carbocycles. The quantitative estimate of drug-likeness (QED) is 0.925. The van der Waals surface area contributed by atoms with Crippen LogP contribution in [0.25, 0.3) is 0 Å². The van der Waals surface area contributed by atoms with Gasteiger partial charge >= 0.3 is 6.18 Å². The van der Waals surface area contributed by atoms with E-state index in [4.69, 9.17) is 0 Å². The lowest BCUT2D eigenvalue weighted by molar-refractivity contribution is -0.138. The molecule has 19 heavy (non-hydrogen) atoms. The van der Waals surface area contributed by atoms with Gasteiger partial charge in [0.05, 0.1) is 5.56 Å². The van der Waals surface area contributed by atoms with E-state index in [2.05, 4.69) is 15.3 Å². The molecule has 1 N–H and O–H groups in total. The van der Waals surface area contributed by atoms with Gasteiger partial charge < -0.3 is 5.32 Å². The summed E-state index contributed by atoms with van der Waals surface area (Å²) >= 11 is 0. The first-order valence-electron chi connectivity index (χ1n) is 5.67. The van der Waals surface area contributed by atoms with Crippen molar-refractivity contribution in [3.05, 3.63) is 59.7 Å². The van der Waals surface area contributed by atoms with Gasteiger partial charge in [-0.1, -0.05) is 18.2 Å². The second kappa shape index (κ2) is 5.79. The predicted molar refractivity (Wildman–Crippen MR) is 64.0 cm³/mol. The van der Waals surface area contributed by atoms with Gasteiger partial charge in [0.2, 0.25) is 0 Å². The van der Waals surface area contributed by atoms with Crippen molar-refractivity contribution in [3.63, 3.8) is 0 Å². The fourth-order valence-corrected chi connectivity index (χ4v) is 1.71. The molecular weight excluding hydrogens is 255 g/mol. The summed E-state index contributed by atoms with van der Waals surface area (Å²) in [4.78, 5) is 7.67. The zero-order valence-electron chi connectivity index (χ0n) is 9.98. The number of nitrogens with zero attached hydrogens (tertiary/aromatic N) is 2. The lowest BCUT2D eigenvalue weighted by Gasteiger charge is -2.13. The second-order valence-electron chi connectivity index (χ2n) is 4.01. The van der Waals surface area contributed by atoms with Crippen molar-refractivity contribution < 1.29 is 13.2 Å². The van der Waals surface area contributed by atoms with Gasteiger partial charge in [0, 0.05) is 31.0 Å². The van der Waals surface area contributed by atoms with Gasteiger partial charge in [-0.3, -0.25) is 0 Å². The summed E-state index contributed by atoms with van der Waals surface area (Å²) in [7, 11) is 0. The molecule has 1 heterocycles. The Morgan fingerprint density at radius 3 is 2.37 bits per heavy atom. The Morgan fingerprint density at radius 1 is 1.00 bits per heavy atom. The van der Waals surface area contributed by atoms with Crippen LogP contribution in [-0.2, 0) is 19.3 Å². The van der Waals surface area contributed by atoms with Crippen molar-refractivity contribution in [2.45, 2.75) is 19.3 Å². The summed E-state index contributed by atoms with van der Waals surface area (Å²) < 4.78 is 38.3. The van der Waals surface area contributed by atoms with E-state index in [1.165, 1.54) is 18.5 Å². The van der Waals surface area contributed by atoms with Gasteiger partial charge in [-0.15, -0.1) is 0 Å². The van der Waals surface area contributed by atoms with Crippen LogP contribution in [0, 0.1) is 0 Å². The Morgan fingerprint density at radius 2 is 1.68 bits per heavy atom. The van der Waals surface area contributed by atoms with Gasteiger partial charge in [-0.25, -0.2) is 9.97 Å². The molecule has 0 unspecified atom stereocenters. The van der Waals surface area contributed by atoms with Crippen LogP contribution in [0.4, 0.5) is 13.2 Å². The molecule has 2 rings (SSSR count). The van der Waals surface area contributed by atoms with E-state index in [1.807, 2.05) is 0 Å². The Kier molecular flexibility index (Phi) is 4.11. The highest BCUT2D eigenvalue weighted by Gasteiger charge is 2.32. The van der Waals surface area contributed by atoms with Crippen molar-refractivity contribution in [3.8, 4) is 0 Å². The Bertz CT molecular complexity index is 526. The molecular formula is C13H12F3N3. The van der Waals surface area contributed by atoms with Crippen LogP contribution < -0.4 is 5.32 Å². The maximum atomic E-state index is 12.8. The molecule has 3 nitrogen and oxygen atoms in total. The van der Waals surface area contributed by atoms with E-state index < -0.39 is 11.7 Å². The molecule has 100 valence electrons. The fourth-order valence-electron chi connectivity index (χ4n) is 1.71. The lowest BCUT2D eigenvalue weighted by atomic mass is 10.1. The van der Waals surface area contributed by atoms with Crippen LogP contribution in [0.2, 0.25) is 0 Å². The number of aromatic nitrogens is 2. The molecule has 6 heteroatoms. The zero-order valence-corrected chi connectivity index (χ0v) is 9.98. The number of nitrogens with one attached hydrogen (secondary N) is 1. The van der Waals surface area contributed by atoms with Crippen LogP contribution in [0.15, 0.2) is 43.0 Å². The van der Waals surface area contributed by atoms with Crippen molar-refractivity contribution in [1.82, 2.24) is 15.3 Å². The molecule has 0 fully saturated rings. The van der Waals surface area contributed by atoms with Crippen molar-refractivity contribution in [1.29, 1.82) is 0 Å². The summed E-state index contributed by atoms with van der Waals surface area (Å²) in [6.07, 6.45) is 0.321. The average molecular weight is 267 g/mol. The number of rotatable bonds is 4. The summed E-state index contributed by atoms with van der Waals surface area (Å²) in [6, 6.07) is 5.54. The fraction of sp³-hybridized carbons (Fsp3) is 0.231. The molecule has 1 aromatic carbocycles. The average Bonchev–Trinajstić information content (AvgIpc) is 2.39. The third kappa shape index (κ3) is 3.75. The highest BCUT2D eigenvalue weighted by atomic mass is 19.4. The maximum absolute atomic E-state index is 12.8. The zero-order chi connectivity index (χ0) is 13.7. The van der Waals surface area contributed by atoms with E-state index in [9.17, 15) is 13.2 Å². The van der Waals surface area contributed by atoms with Crippen LogP contribution in [-0.4, -0.2) is 9.97 Å². The molecule has 0 aliphatic rings. The van der Waals surface area contributed by atoms with Crippen molar-refractivity contribution >= 4 is 0 Å². The standard InChI is InChI=1S/C13H12F3N3/c14-13(15,16)12-4-2-1-3-11(12)8-17-5-10-6-18-9-19-7-10/h1-4,6-7,9,17H,5,8H2. The normalized spacial score (nSPS) is 11.5. The Hall–Kier alpha value is -1.95. The van der Waals surface area contributed by atoms with Gasteiger partial charge in [-0.05, 0) is 11.6 Å². The first kappa shape index (κ1) is 13.5. The number of hydrogen-bond donors (Lipinski definition) is 1. The van der Waals surface area contributed by atoms with Crippen LogP contribution in [0.5, 0.6) is 0 Å². The third-order valence-electron chi connectivity index (χ3n) is 2.58. The number of halogens is 3. The monoisotopic (exact) mass is 267 g/mol. The summed E-state index contributed by atoms with van der Waals surface area (Å²) in [6.45, 7) is 0.567. The summed E-state index contributed by atoms with van der Waals surface area (Å²) in [5.74, 6) is 0. The van der Waals surface area contributed by atoms with Gasteiger partial charge in [0.25, 0.3) is 0 Å². The topological polar surface area (TPSA) is 37.8 Å². The van der Waals surface area contributed by atoms with E-state index >= 15 is 0 Å². The van der Waals surface area contributed by atoms with E-state index in [-0.39, 0.29) is 12.1 Å². The van der Waals surface area contributed by atoms with Gasteiger partial charge in [-0.2, -0.15) is 13.2 Å². The highest BCUT2D eigenvalue weighted by Crippen LogP contribution is 2.31. The number of hydrogen-bond acceptors (Lipinski definition) is 3. The third-order valence-corrected chi connectivity index (χ3v) is 2.58. The second-order valence-corrected chi connectivity index (χ2v) is 4.01. The summed E-state index contributed by atoms with van der Waals surface area (Å²) in [5.41, 5.74) is 0.450. The first-order valence-corrected chi connectivity index (χ1v) is 5.67. The predicted octanol–water partition coefficient (Wildman–Crippen LogP) is 2.79. The van der Waals surface area contributed by atoms with Gasteiger partial charge in [0.15, 0.2) is 0 Å². The smallest absolute Gasteiger partial charge is 0.308 e. The minimum absolute atomic E-state index is 0.143. The van der Waals surface area contributed by atoms with Crippen molar-refractivity contribution in [2.24, 2.45) is 0 Å². The molecule has 0 aliphatic heterocycles. The number of benzene rings is 1. The highest BCUT2D eigenvalue weighted by molar-refractivity contribution is 5.29. The maximum Gasteiger partial charge on any atom is 0.416 e. The van der Waals surface area contributed by atoms with E-state index in [0.717, 1.165) is 11.6 Å². The molecule has 0 saturated heterocycles. The Balaban J connectivity index is 2.00. The van der Waals surface area contributed by atoms with Crippen LogP contribution in [0.1, 0.15) is 16.7 Å². The molecule has 0 bridgehead atoms. The molecule has 0 spiro atoms. The molecule has 0 amide bonds. The first-order chi connectivity index (χ1) is 9.07. The molecule has 0 radical (unpaired) electrons. The molecule has 2 aromatic rings. The van der Waals surface area contributed by atoms with Crippen molar-refractivity contribution in [2.75, 3.05) is 0 Å². The Labute approximate surface area is 108 Å². The van der Waals surface area contributed by atoms with E-state index in [0.29, 0.717) is 6.54 Å². The molecule has 0 aliphatic carbocycles. The van der Waals surface area contributed by atoms with Crippen LogP contribution in [0.3, 0.4) is 0 Å². The molecule has 0 atom stereocenters. The number of alkyl halides is 3. The minimum atomic E-state index is -4.33. The van der Waals surface area contributed by atoms with Gasteiger partial charge in [0.1, 0.15) is 6.33 Å². The molecule has 1 aromatic heterocycles. The van der Waals surface area contributed by atoms with E-state index in [1.54, 1.807) is 18.5 Å².